The summed E-state index contributed by atoms with van der Waals surface area (Å²) in [6, 6.07) is 0. The van der Waals surface area contributed by atoms with Crippen molar-refractivity contribution in [3.05, 3.63) is 34.8 Å². The summed E-state index contributed by atoms with van der Waals surface area (Å²) >= 11 is 0. The van der Waals surface area contributed by atoms with E-state index >= 15 is 0 Å². The molecule has 0 saturated carbocycles. The Labute approximate surface area is 149 Å². The number of Topliss-reactive ketones (excluding diaryl/α,β-unsaturated/α-hetero) is 1. The predicted octanol–water partition coefficient (Wildman–Crippen LogP) is 4.07. The summed E-state index contributed by atoms with van der Waals surface area (Å²) in [7, 11) is 1.49. The second kappa shape index (κ2) is 5.99. The molecule has 4 aliphatic rings. The van der Waals surface area contributed by atoms with Gasteiger partial charge in [0.15, 0.2) is 5.78 Å². The lowest BCUT2D eigenvalue weighted by Gasteiger charge is -2.59. The highest BCUT2D eigenvalue weighted by Gasteiger charge is 2.72. The Balaban J connectivity index is 2.16. The molecule has 5 heteroatoms. The number of methoxy groups -OCH3 is 1. The number of hydrogen-bond acceptors (Lipinski definition) is 5. The van der Waals surface area contributed by atoms with Gasteiger partial charge in [-0.25, -0.2) is 4.89 Å². The molecule has 4 atom stereocenters. The summed E-state index contributed by atoms with van der Waals surface area (Å²) in [6.45, 7) is 12.0. The smallest absolute Gasteiger partial charge is 0.288 e. The highest BCUT2D eigenvalue weighted by Crippen LogP contribution is 2.61. The summed E-state index contributed by atoms with van der Waals surface area (Å²) < 4.78 is 11.4. The van der Waals surface area contributed by atoms with Crippen molar-refractivity contribution in [3.8, 4) is 0 Å². The van der Waals surface area contributed by atoms with Crippen molar-refractivity contribution in [1.29, 1.82) is 0 Å². The monoisotopic (exact) mass is 348 g/mol. The third kappa shape index (κ3) is 2.32. The maximum absolute atomic E-state index is 13.4. The number of carbonyl (C=O) groups is 1. The third-order valence-corrected chi connectivity index (χ3v) is 5.79. The van der Waals surface area contributed by atoms with Crippen LogP contribution in [-0.4, -0.2) is 24.8 Å². The molecule has 3 heterocycles. The number of rotatable bonds is 4. The minimum atomic E-state index is -1.29. The number of hydrogen-bond donors (Lipinski definition) is 0. The molecular formula is C20H28O5. The van der Waals surface area contributed by atoms with Crippen LogP contribution in [-0.2, 0) is 24.0 Å². The van der Waals surface area contributed by atoms with Crippen LogP contribution in [0.15, 0.2) is 34.8 Å². The molecule has 0 aromatic carbocycles. The van der Waals surface area contributed by atoms with Crippen LogP contribution in [0.25, 0.3) is 0 Å². The molecular weight excluding hydrogens is 320 g/mol. The van der Waals surface area contributed by atoms with Gasteiger partial charge in [0.05, 0.1) is 12.7 Å². The van der Waals surface area contributed by atoms with Crippen LogP contribution >= 0.6 is 0 Å². The molecule has 4 unspecified atom stereocenters. The van der Waals surface area contributed by atoms with Gasteiger partial charge in [-0.3, -0.25) is 4.79 Å². The topological polar surface area (TPSA) is 54.0 Å². The Morgan fingerprint density at radius 1 is 1.40 bits per heavy atom. The number of fused-ring (bicyclic) bond motifs is 1. The average molecular weight is 348 g/mol. The van der Waals surface area contributed by atoms with Crippen LogP contribution in [0.1, 0.15) is 48.0 Å². The predicted molar refractivity (Wildman–Crippen MR) is 93.1 cm³/mol. The first-order chi connectivity index (χ1) is 11.7. The molecule has 1 fully saturated rings. The number of ether oxygens (including phenoxy) is 2. The molecule has 25 heavy (non-hydrogen) atoms. The van der Waals surface area contributed by atoms with Crippen molar-refractivity contribution in [3.63, 3.8) is 0 Å². The quantitative estimate of drug-likeness (QED) is 0.566. The van der Waals surface area contributed by atoms with Crippen LogP contribution in [0.3, 0.4) is 0 Å². The van der Waals surface area contributed by atoms with E-state index in [0.717, 1.165) is 17.6 Å². The summed E-state index contributed by atoms with van der Waals surface area (Å²) in [4.78, 5) is 24.7. The molecule has 1 aliphatic carbocycles. The maximum Gasteiger partial charge on any atom is 0.288 e. The summed E-state index contributed by atoms with van der Waals surface area (Å²) in [5, 5.41) is 0. The summed E-state index contributed by atoms with van der Waals surface area (Å²) in [6.07, 6.45) is 4.86. The standard InChI is InChI=1S/C20H28O5/c1-11(2)8-9-12(3)16-15-10-13(4)20(25-24-15)19(16,6)17(21)14(5)18(22-7)23-20/h9-11,15-16H,8H2,1-7H3/b12-9+. The fourth-order valence-corrected chi connectivity index (χ4v) is 4.40. The molecule has 0 aromatic heterocycles. The SMILES string of the molecule is COC1=C(C)C(=O)C2(C)C(/C(C)=C/CC(C)C)C3C=C(C)C2(OO3)O1. The Morgan fingerprint density at radius 2 is 2.08 bits per heavy atom. The van der Waals surface area contributed by atoms with Crippen molar-refractivity contribution < 1.29 is 24.0 Å². The van der Waals surface area contributed by atoms with E-state index in [-0.39, 0.29) is 23.8 Å². The lowest BCUT2D eigenvalue weighted by atomic mass is 9.56. The molecule has 3 aliphatic heterocycles. The van der Waals surface area contributed by atoms with E-state index in [1.165, 1.54) is 7.11 Å². The van der Waals surface area contributed by atoms with Crippen LogP contribution in [0, 0.1) is 17.3 Å². The average Bonchev–Trinajstić information content (AvgIpc) is 2.56. The van der Waals surface area contributed by atoms with Gasteiger partial charge in [0.1, 0.15) is 11.5 Å². The van der Waals surface area contributed by atoms with E-state index in [9.17, 15) is 4.79 Å². The van der Waals surface area contributed by atoms with Crippen LogP contribution in [0.2, 0.25) is 0 Å². The molecule has 0 N–H and O–H groups in total. The molecule has 0 radical (unpaired) electrons. The normalized spacial score (nSPS) is 37.8. The van der Waals surface area contributed by atoms with Crippen molar-refractivity contribution in [1.82, 2.24) is 0 Å². The van der Waals surface area contributed by atoms with Crippen LogP contribution < -0.4 is 0 Å². The highest BCUT2D eigenvalue weighted by atomic mass is 17.2. The second-order valence-electron chi connectivity index (χ2n) is 7.92. The zero-order valence-corrected chi connectivity index (χ0v) is 16.1. The van der Waals surface area contributed by atoms with E-state index < -0.39 is 11.2 Å². The molecule has 4 rings (SSSR count). The molecule has 5 nitrogen and oxygen atoms in total. The van der Waals surface area contributed by atoms with E-state index in [0.29, 0.717) is 11.5 Å². The minimum Gasteiger partial charge on any atom is -0.468 e. The van der Waals surface area contributed by atoms with Gasteiger partial charge < -0.3 is 9.47 Å². The maximum atomic E-state index is 13.4. The van der Waals surface area contributed by atoms with E-state index in [4.69, 9.17) is 19.2 Å². The van der Waals surface area contributed by atoms with Gasteiger partial charge in [0.2, 0.25) is 0 Å². The summed E-state index contributed by atoms with van der Waals surface area (Å²) in [5.41, 5.74) is 1.55. The zero-order valence-electron chi connectivity index (χ0n) is 16.1. The molecule has 1 saturated heterocycles. The number of ketones is 1. The van der Waals surface area contributed by atoms with E-state index in [1.807, 2.05) is 19.9 Å². The van der Waals surface area contributed by atoms with Crippen molar-refractivity contribution in [2.45, 2.75) is 59.9 Å². The van der Waals surface area contributed by atoms with Crippen molar-refractivity contribution in [2.75, 3.05) is 7.11 Å². The first kappa shape index (κ1) is 18.2. The Bertz CT molecular complexity index is 686. The van der Waals surface area contributed by atoms with E-state index in [1.54, 1.807) is 6.92 Å². The van der Waals surface area contributed by atoms with Gasteiger partial charge in [-0.1, -0.05) is 25.5 Å². The molecule has 0 aromatic rings. The van der Waals surface area contributed by atoms with Crippen molar-refractivity contribution in [2.24, 2.45) is 17.3 Å². The van der Waals surface area contributed by atoms with Gasteiger partial charge in [-0.2, -0.15) is 4.89 Å². The van der Waals surface area contributed by atoms with Gasteiger partial charge in [0, 0.05) is 11.5 Å². The highest BCUT2D eigenvalue weighted by molar-refractivity contribution is 6.02. The molecule has 138 valence electrons. The van der Waals surface area contributed by atoms with Crippen molar-refractivity contribution >= 4 is 5.78 Å². The number of allylic oxidation sites excluding steroid dienone is 2. The summed E-state index contributed by atoms with van der Waals surface area (Å²) in [5.74, 6) is -0.710. The second-order valence-corrected chi connectivity index (χ2v) is 7.92. The third-order valence-electron chi connectivity index (χ3n) is 5.79. The molecule has 2 bridgehead atoms. The Hall–Kier alpha value is -1.59. The first-order valence-corrected chi connectivity index (χ1v) is 8.87. The van der Waals surface area contributed by atoms with Gasteiger partial charge in [-0.15, -0.1) is 0 Å². The Morgan fingerprint density at radius 3 is 2.64 bits per heavy atom. The number of carbonyl (C=O) groups excluding carboxylic acids is 1. The fourth-order valence-electron chi connectivity index (χ4n) is 4.40. The van der Waals surface area contributed by atoms with Gasteiger partial charge in [0.25, 0.3) is 11.7 Å². The van der Waals surface area contributed by atoms with Gasteiger partial charge >= 0.3 is 0 Å². The van der Waals surface area contributed by atoms with E-state index in [2.05, 4.69) is 26.8 Å². The largest absolute Gasteiger partial charge is 0.468 e. The lowest BCUT2D eigenvalue weighted by Crippen LogP contribution is -2.69. The Kier molecular flexibility index (Phi) is 4.36. The van der Waals surface area contributed by atoms with Crippen LogP contribution in [0.5, 0.6) is 0 Å². The lowest BCUT2D eigenvalue weighted by molar-refractivity contribution is -0.493. The molecule has 0 amide bonds. The first-order valence-electron chi connectivity index (χ1n) is 8.87. The zero-order chi connectivity index (χ0) is 18.6. The fraction of sp³-hybridized carbons (Fsp3) is 0.650. The van der Waals surface area contributed by atoms with Gasteiger partial charge in [-0.05, 0) is 46.1 Å². The molecule has 1 spiro atoms. The minimum absolute atomic E-state index is 0.0151. The van der Waals surface area contributed by atoms with Crippen LogP contribution in [0.4, 0.5) is 0 Å².